The lowest BCUT2D eigenvalue weighted by Crippen LogP contribution is -2.40. The van der Waals surface area contributed by atoms with Crippen molar-refractivity contribution in [3.63, 3.8) is 0 Å². The minimum absolute atomic E-state index is 0.00959. The van der Waals surface area contributed by atoms with Gasteiger partial charge in [-0.05, 0) is 62.8 Å². The van der Waals surface area contributed by atoms with Gasteiger partial charge in [0.2, 0.25) is 5.91 Å². The summed E-state index contributed by atoms with van der Waals surface area (Å²) in [6.07, 6.45) is 4.39. The molecule has 0 aliphatic carbocycles. The van der Waals surface area contributed by atoms with Gasteiger partial charge < -0.3 is 15.0 Å². The molecule has 2 fully saturated rings. The number of nitrogens with zero attached hydrogens (tertiary/aromatic N) is 2. The Morgan fingerprint density at radius 1 is 1.23 bits per heavy atom. The van der Waals surface area contributed by atoms with Crippen LogP contribution in [0.3, 0.4) is 0 Å². The van der Waals surface area contributed by atoms with Gasteiger partial charge in [-0.3, -0.25) is 9.59 Å². The average molecular weight is 446 g/mol. The molecule has 31 heavy (non-hydrogen) atoms. The normalized spacial score (nSPS) is 19.5. The summed E-state index contributed by atoms with van der Waals surface area (Å²) in [5.41, 5.74) is 1.51. The first-order valence-corrected chi connectivity index (χ1v) is 11.7. The van der Waals surface area contributed by atoms with Crippen LogP contribution in [0.4, 0.5) is 4.39 Å². The Labute approximate surface area is 185 Å². The Balaban J connectivity index is 1.28. The van der Waals surface area contributed by atoms with E-state index in [0.717, 1.165) is 42.9 Å². The van der Waals surface area contributed by atoms with Gasteiger partial charge in [0.25, 0.3) is 5.91 Å². The SMILES string of the molecule is Cc1nc(-c2ccc(F)cc2)sc1C(=O)N1CCC(CC(=O)NCC2CCCO2)CC1. The fourth-order valence-electron chi connectivity index (χ4n) is 4.16. The molecule has 2 aliphatic rings. The van der Waals surface area contributed by atoms with E-state index < -0.39 is 0 Å². The van der Waals surface area contributed by atoms with Crippen LogP contribution in [-0.2, 0) is 9.53 Å². The fourth-order valence-corrected chi connectivity index (χ4v) is 5.20. The minimum Gasteiger partial charge on any atom is -0.376 e. The van der Waals surface area contributed by atoms with Crippen molar-refractivity contribution in [3.8, 4) is 10.6 Å². The molecular weight excluding hydrogens is 417 g/mol. The van der Waals surface area contributed by atoms with Crippen LogP contribution >= 0.6 is 11.3 Å². The molecule has 1 aromatic heterocycles. The highest BCUT2D eigenvalue weighted by Gasteiger charge is 2.28. The molecule has 2 aliphatic heterocycles. The molecule has 6 nitrogen and oxygen atoms in total. The largest absolute Gasteiger partial charge is 0.376 e. The second-order valence-electron chi connectivity index (χ2n) is 8.32. The van der Waals surface area contributed by atoms with Crippen molar-refractivity contribution in [1.29, 1.82) is 0 Å². The van der Waals surface area contributed by atoms with E-state index in [-0.39, 0.29) is 23.7 Å². The summed E-state index contributed by atoms with van der Waals surface area (Å²) in [5.74, 6) is 0.0646. The predicted octanol–water partition coefficient (Wildman–Crippen LogP) is 3.80. The van der Waals surface area contributed by atoms with Gasteiger partial charge in [-0.25, -0.2) is 9.37 Å². The highest BCUT2D eigenvalue weighted by atomic mass is 32.1. The number of hydrogen-bond donors (Lipinski definition) is 1. The third-order valence-electron chi connectivity index (χ3n) is 6.01. The standard InChI is InChI=1S/C23H28FN3O3S/c1-15-21(31-22(26-15)17-4-6-18(24)7-5-17)23(29)27-10-8-16(9-11-27)13-20(28)25-14-19-3-2-12-30-19/h4-7,16,19H,2-3,8-14H2,1H3,(H,25,28). The van der Waals surface area contributed by atoms with Crippen LogP contribution in [0.15, 0.2) is 24.3 Å². The number of aromatic nitrogens is 1. The molecule has 2 aromatic rings. The van der Waals surface area contributed by atoms with Gasteiger partial charge in [-0.15, -0.1) is 11.3 Å². The lowest BCUT2D eigenvalue weighted by atomic mass is 9.93. The smallest absolute Gasteiger partial charge is 0.265 e. The summed E-state index contributed by atoms with van der Waals surface area (Å²) in [6, 6.07) is 6.15. The maximum Gasteiger partial charge on any atom is 0.265 e. The number of halogens is 1. The van der Waals surface area contributed by atoms with Crippen LogP contribution in [0, 0.1) is 18.7 Å². The third-order valence-corrected chi connectivity index (χ3v) is 7.20. The second-order valence-corrected chi connectivity index (χ2v) is 9.32. The zero-order valence-electron chi connectivity index (χ0n) is 17.7. The lowest BCUT2D eigenvalue weighted by Gasteiger charge is -2.31. The van der Waals surface area contributed by atoms with E-state index >= 15 is 0 Å². The van der Waals surface area contributed by atoms with Crippen molar-refractivity contribution < 1.29 is 18.7 Å². The quantitative estimate of drug-likeness (QED) is 0.734. The summed E-state index contributed by atoms with van der Waals surface area (Å²) in [5, 5.41) is 3.71. The van der Waals surface area contributed by atoms with Crippen molar-refractivity contribution in [2.75, 3.05) is 26.2 Å². The first-order chi connectivity index (χ1) is 15.0. The lowest BCUT2D eigenvalue weighted by molar-refractivity contribution is -0.122. The zero-order valence-corrected chi connectivity index (χ0v) is 18.5. The number of amides is 2. The molecule has 0 bridgehead atoms. The molecule has 0 saturated carbocycles. The molecule has 4 rings (SSSR count). The number of carbonyl (C=O) groups is 2. The van der Waals surface area contributed by atoms with E-state index in [9.17, 15) is 14.0 Å². The van der Waals surface area contributed by atoms with E-state index in [1.54, 1.807) is 12.1 Å². The number of ether oxygens (including phenoxy) is 1. The molecule has 1 atom stereocenters. The van der Waals surface area contributed by atoms with E-state index in [0.29, 0.717) is 42.5 Å². The van der Waals surface area contributed by atoms with Gasteiger partial charge in [-0.1, -0.05) is 0 Å². The summed E-state index contributed by atoms with van der Waals surface area (Å²) >= 11 is 1.35. The van der Waals surface area contributed by atoms with E-state index in [2.05, 4.69) is 10.3 Å². The molecule has 2 saturated heterocycles. The van der Waals surface area contributed by atoms with Gasteiger partial charge in [0.1, 0.15) is 15.7 Å². The van der Waals surface area contributed by atoms with Crippen molar-refractivity contribution in [2.45, 2.75) is 45.1 Å². The Bertz CT molecular complexity index is 917. The maximum absolute atomic E-state index is 13.2. The van der Waals surface area contributed by atoms with Gasteiger partial charge in [-0.2, -0.15) is 0 Å². The molecule has 0 radical (unpaired) electrons. The Morgan fingerprint density at radius 2 is 1.97 bits per heavy atom. The van der Waals surface area contributed by atoms with Crippen LogP contribution in [-0.4, -0.2) is 54.0 Å². The van der Waals surface area contributed by atoms with Crippen LogP contribution in [0.5, 0.6) is 0 Å². The maximum atomic E-state index is 13.2. The average Bonchev–Trinajstić information content (AvgIpc) is 3.43. The summed E-state index contributed by atoms with van der Waals surface area (Å²) < 4.78 is 18.7. The Kier molecular flexibility index (Phi) is 6.97. The van der Waals surface area contributed by atoms with Crippen molar-refractivity contribution in [2.24, 2.45) is 5.92 Å². The summed E-state index contributed by atoms with van der Waals surface area (Å²) in [7, 11) is 0. The van der Waals surface area contributed by atoms with E-state index in [1.165, 1.54) is 23.5 Å². The van der Waals surface area contributed by atoms with Gasteiger partial charge in [0.15, 0.2) is 0 Å². The molecule has 8 heteroatoms. The van der Waals surface area contributed by atoms with Gasteiger partial charge in [0.05, 0.1) is 11.8 Å². The van der Waals surface area contributed by atoms with Crippen molar-refractivity contribution in [3.05, 3.63) is 40.7 Å². The number of nitrogens with one attached hydrogen (secondary N) is 1. The van der Waals surface area contributed by atoms with Gasteiger partial charge >= 0.3 is 0 Å². The van der Waals surface area contributed by atoms with Gasteiger partial charge in [0, 0.05) is 38.2 Å². The van der Waals surface area contributed by atoms with E-state index in [1.807, 2.05) is 11.8 Å². The number of piperidine rings is 1. The fraction of sp³-hybridized carbons (Fsp3) is 0.522. The summed E-state index contributed by atoms with van der Waals surface area (Å²) in [4.78, 5) is 32.3. The molecule has 1 unspecified atom stereocenters. The topological polar surface area (TPSA) is 71.5 Å². The van der Waals surface area contributed by atoms with Crippen LogP contribution in [0.25, 0.3) is 10.6 Å². The van der Waals surface area contributed by atoms with Crippen LogP contribution < -0.4 is 5.32 Å². The number of carbonyl (C=O) groups excluding carboxylic acids is 2. The number of hydrogen-bond acceptors (Lipinski definition) is 5. The molecular formula is C23H28FN3O3S. The first kappa shape index (κ1) is 21.9. The molecule has 1 N–H and O–H groups in total. The number of benzene rings is 1. The number of aryl methyl sites for hydroxylation is 1. The highest BCUT2D eigenvalue weighted by Crippen LogP contribution is 2.30. The van der Waals surface area contributed by atoms with Crippen LogP contribution in [0.2, 0.25) is 0 Å². The molecule has 2 amide bonds. The number of rotatable bonds is 6. The molecule has 166 valence electrons. The van der Waals surface area contributed by atoms with E-state index in [4.69, 9.17) is 4.74 Å². The Morgan fingerprint density at radius 3 is 2.65 bits per heavy atom. The molecule has 3 heterocycles. The van der Waals surface area contributed by atoms with Crippen molar-refractivity contribution >= 4 is 23.2 Å². The second kappa shape index (κ2) is 9.87. The number of thiazole rings is 1. The third kappa shape index (κ3) is 5.49. The first-order valence-electron chi connectivity index (χ1n) is 10.9. The molecule has 1 aromatic carbocycles. The minimum atomic E-state index is -0.295. The van der Waals surface area contributed by atoms with Crippen molar-refractivity contribution in [1.82, 2.24) is 15.2 Å². The highest BCUT2D eigenvalue weighted by molar-refractivity contribution is 7.17. The summed E-state index contributed by atoms with van der Waals surface area (Å²) in [6.45, 7) is 4.51. The Hall–Kier alpha value is -2.32. The zero-order chi connectivity index (χ0) is 21.8. The monoisotopic (exact) mass is 445 g/mol. The van der Waals surface area contributed by atoms with Crippen LogP contribution in [0.1, 0.15) is 47.5 Å². The molecule has 0 spiro atoms. The predicted molar refractivity (Wildman–Crippen MR) is 117 cm³/mol. The number of likely N-dealkylation sites (tertiary alicyclic amines) is 1.